The number of hydrogen-bond acceptors (Lipinski definition) is 1. The third-order valence-corrected chi connectivity index (χ3v) is 3.24. The average Bonchev–Trinajstić information content (AvgIpc) is 2.26. The monoisotopic (exact) mass is 247 g/mol. The Labute approximate surface area is 113 Å². The van der Waals surface area contributed by atoms with Crippen molar-refractivity contribution in [2.75, 3.05) is 6.54 Å². The number of nitrogens with one attached hydrogen (secondary N) is 1. The van der Waals surface area contributed by atoms with E-state index < -0.39 is 0 Å². The largest absolute Gasteiger partial charge is 0.314 e. The summed E-state index contributed by atoms with van der Waals surface area (Å²) in [4.78, 5) is 0. The molecule has 0 aliphatic carbocycles. The molecule has 0 aliphatic heterocycles. The van der Waals surface area contributed by atoms with E-state index in [1.54, 1.807) is 0 Å². The minimum Gasteiger partial charge on any atom is -0.314 e. The fourth-order valence-corrected chi connectivity index (χ4v) is 2.00. The maximum Gasteiger partial charge on any atom is 0.00792 e. The van der Waals surface area contributed by atoms with Crippen LogP contribution in [0.2, 0.25) is 0 Å². The van der Waals surface area contributed by atoms with E-state index in [-0.39, 0.29) is 5.41 Å². The molecule has 0 aliphatic rings. The molecule has 1 atom stereocenters. The summed E-state index contributed by atoms with van der Waals surface area (Å²) in [6.45, 7) is 14.6. The fourth-order valence-electron chi connectivity index (χ4n) is 2.00. The molecule has 0 bridgehead atoms. The quantitative estimate of drug-likeness (QED) is 0.824. The summed E-state index contributed by atoms with van der Waals surface area (Å²) in [5, 5.41) is 3.58. The predicted molar refractivity (Wildman–Crippen MR) is 81.1 cm³/mol. The van der Waals surface area contributed by atoms with Gasteiger partial charge in [0.25, 0.3) is 0 Å². The smallest absolute Gasteiger partial charge is 0.00792 e. The Hall–Kier alpha value is -0.820. The maximum atomic E-state index is 3.58. The molecule has 0 aromatic heterocycles. The second-order valence-electron chi connectivity index (χ2n) is 6.85. The molecule has 0 amide bonds. The summed E-state index contributed by atoms with van der Waals surface area (Å²) in [6.07, 6.45) is 1.11. The molecular formula is C17H29N. The Bertz CT molecular complexity index is 343. The maximum absolute atomic E-state index is 3.58. The van der Waals surface area contributed by atoms with Gasteiger partial charge in [-0.1, -0.05) is 58.9 Å². The molecule has 1 rings (SSSR count). The SMILES string of the molecule is CC(C)CNC(C)Cc1ccc(C(C)(C)C)cc1. The van der Waals surface area contributed by atoms with Crippen molar-refractivity contribution in [3.05, 3.63) is 35.4 Å². The van der Waals surface area contributed by atoms with E-state index in [0.717, 1.165) is 18.9 Å². The average molecular weight is 247 g/mol. The highest BCUT2D eigenvalue weighted by atomic mass is 14.9. The lowest BCUT2D eigenvalue weighted by molar-refractivity contribution is 0.482. The zero-order valence-electron chi connectivity index (χ0n) is 12.9. The minimum atomic E-state index is 0.250. The first-order valence-electron chi connectivity index (χ1n) is 7.12. The van der Waals surface area contributed by atoms with Crippen molar-refractivity contribution >= 4 is 0 Å². The molecule has 1 N–H and O–H groups in total. The molecule has 0 fully saturated rings. The van der Waals surface area contributed by atoms with Gasteiger partial charge in [-0.15, -0.1) is 0 Å². The number of benzene rings is 1. The predicted octanol–water partition coefficient (Wildman–Crippen LogP) is 4.16. The van der Waals surface area contributed by atoms with Gasteiger partial charge in [-0.2, -0.15) is 0 Å². The van der Waals surface area contributed by atoms with Gasteiger partial charge < -0.3 is 5.32 Å². The van der Waals surface area contributed by atoms with Crippen LogP contribution in [0.15, 0.2) is 24.3 Å². The molecule has 0 spiro atoms. The van der Waals surface area contributed by atoms with Crippen LogP contribution in [0.5, 0.6) is 0 Å². The lowest BCUT2D eigenvalue weighted by Crippen LogP contribution is -2.31. The molecule has 1 aromatic carbocycles. The lowest BCUT2D eigenvalue weighted by Gasteiger charge is -2.20. The normalized spacial score (nSPS) is 13.9. The Balaban J connectivity index is 2.53. The molecule has 1 heteroatoms. The van der Waals surface area contributed by atoms with Crippen molar-refractivity contribution in [1.29, 1.82) is 0 Å². The third-order valence-electron chi connectivity index (χ3n) is 3.24. The van der Waals surface area contributed by atoms with Crippen molar-refractivity contribution in [3.8, 4) is 0 Å². The topological polar surface area (TPSA) is 12.0 Å². The second-order valence-corrected chi connectivity index (χ2v) is 6.85. The van der Waals surface area contributed by atoms with Crippen LogP contribution in [0, 0.1) is 5.92 Å². The van der Waals surface area contributed by atoms with E-state index in [9.17, 15) is 0 Å². The molecule has 1 aromatic rings. The van der Waals surface area contributed by atoms with Crippen LogP contribution in [-0.4, -0.2) is 12.6 Å². The van der Waals surface area contributed by atoms with Gasteiger partial charge in [0.1, 0.15) is 0 Å². The van der Waals surface area contributed by atoms with Gasteiger partial charge in [0.15, 0.2) is 0 Å². The molecule has 102 valence electrons. The third kappa shape index (κ3) is 5.22. The Morgan fingerprint density at radius 1 is 1.00 bits per heavy atom. The molecule has 1 nitrogen and oxygen atoms in total. The highest BCUT2D eigenvalue weighted by Crippen LogP contribution is 2.22. The summed E-state index contributed by atoms with van der Waals surface area (Å²) in [5.41, 5.74) is 3.08. The van der Waals surface area contributed by atoms with Crippen LogP contribution in [0.3, 0.4) is 0 Å². The van der Waals surface area contributed by atoms with Gasteiger partial charge >= 0.3 is 0 Å². The first-order chi connectivity index (χ1) is 8.29. The van der Waals surface area contributed by atoms with Crippen molar-refractivity contribution in [3.63, 3.8) is 0 Å². The number of hydrogen-bond donors (Lipinski definition) is 1. The van der Waals surface area contributed by atoms with Gasteiger partial charge in [-0.25, -0.2) is 0 Å². The summed E-state index contributed by atoms with van der Waals surface area (Å²) < 4.78 is 0. The first kappa shape index (κ1) is 15.2. The van der Waals surface area contributed by atoms with E-state index in [0.29, 0.717) is 6.04 Å². The Kier molecular flexibility index (Phi) is 5.40. The van der Waals surface area contributed by atoms with Crippen LogP contribution >= 0.6 is 0 Å². The zero-order chi connectivity index (χ0) is 13.8. The van der Waals surface area contributed by atoms with Gasteiger partial charge in [-0.3, -0.25) is 0 Å². The highest BCUT2D eigenvalue weighted by Gasteiger charge is 2.13. The molecule has 0 saturated heterocycles. The molecular weight excluding hydrogens is 218 g/mol. The Morgan fingerprint density at radius 3 is 2.00 bits per heavy atom. The first-order valence-corrected chi connectivity index (χ1v) is 7.12. The van der Waals surface area contributed by atoms with E-state index in [1.807, 2.05) is 0 Å². The lowest BCUT2D eigenvalue weighted by atomic mass is 9.86. The van der Waals surface area contributed by atoms with Crippen LogP contribution < -0.4 is 5.32 Å². The Morgan fingerprint density at radius 2 is 1.56 bits per heavy atom. The van der Waals surface area contributed by atoms with Crippen LogP contribution in [0.4, 0.5) is 0 Å². The van der Waals surface area contributed by atoms with Gasteiger partial charge in [-0.05, 0) is 42.3 Å². The van der Waals surface area contributed by atoms with Gasteiger partial charge in [0, 0.05) is 6.04 Å². The summed E-state index contributed by atoms with van der Waals surface area (Å²) in [5.74, 6) is 0.718. The van der Waals surface area contributed by atoms with E-state index in [1.165, 1.54) is 11.1 Å². The minimum absolute atomic E-state index is 0.250. The van der Waals surface area contributed by atoms with Crippen molar-refractivity contribution in [1.82, 2.24) is 5.32 Å². The molecule has 1 unspecified atom stereocenters. The van der Waals surface area contributed by atoms with E-state index in [4.69, 9.17) is 0 Å². The van der Waals surface area contributed by atoms with E-state index >= 15 is 0 Å². The second kappa shape index (κ2) is 6.38. The van der Waals surface area contributed by atoms with Crippen LogP contribution in [-0.2, 0) is 11.8 Å². The van der Waals surface area contributed by atoms with Crippen LogP contribution in [0.25, 0.3) is 0 Å². The van der Waals surface area contributed by atoms with Gasteiger partial charge in [0.2, 0.25) is 0 Å². The van der Waals surface area contributed by atoms with Crippen molar-refractivity contribution in [2.24, 2.45) is 5.92 Å². The molecule has 0 saturated carbocycles. The standard InChI is InChI=1S/C17H29N/c1-13(2)12-18-14(3)11-15-7-9-16(10-8-15)17(4,5)6/h7-10,13-14,18H,11-12H2,1-6H3. The molecule has 0 heterocycles. The van der Waals surface area contributed by atoms with Crippen molar-refractivity contribution < 1.29 is 0 Å². The van der Waals surface area contributed by atoms with E-state index in [2.05, 4.69) is 71.1 Å². The fraction of sp³-hybridized carbons (Fsp3) is 0.647. The molecule has 0 radical (unpaired) electrons. The van der Waals surface area contributed by atoms with Gasteiger partial charge in [0.05, 0.1) is 0 Å². The van der Waals surface area contributed by atoms with Crippen molar-refractivity contribution in [2.45, 2.75) is 59.4 Å². The summed E-state index contributed by atoms with van der Waals surface area (Å²) >= 11 is 0. The summed E-state index contributed by atoms with van der Waals surface area (Å²) in [6, 6.07) is 9.63. The molecule has 18 heavy (non-hydrogen) atoms. The summed E-state index contributed by atoms with van der Waals surface area (Å²) in [7, 11) is 0. The number of rotatable bonds is 5. The van der Waals surface area contributed by atoms with Crippen LogP contribution in [0.1, 0.15) is 52.7 Å². The highest BCUT2D eigenvalue weighted by molar-refractivity contribution is 5.27. The zero-order valence-corrected chi connectivity index (χ0v) is 12.9.